The van der Waals surface area contributed by atoms with E-state index in [1.807, 2.05) is 0 Å². The number of aromatic nitrogens is 3. The van der Waals surface area contributed by atoms with Crippen LogP contribution in [0.4, 0.5) is 10.1 Å². The number of nitrogens with one attached hydrogen (secondary N) is 2. The van der Waals surface area contributed by atoms with Crippen molar-refractivity contribution in [1.82, 2.24) is 20.5 Å². The maximum atomic E-state index is 13.5. The van der Waals surface area contributed by atoms with Crippen LogP contribution in [-0.4, -0.2) is 21.1 Å². The Morgan fingerprint density at radius 2 is 2.33 bits per heavy atom. The van der Waals surface area contributed by atoms with E-state index >= 15 is 0 Å². The summed E-state index contributed by atoms with van der Waals surface area (Å²) in [5, 5.41) is 8.90. The maximum absolute atomic E-state index is 13.5. The van der Waals surface area contributed by atoms with Gasteiger partial charge >= 0.3 is 0 Å². The molecule has 94 valence electrons. The van der Waals surface area contributed by atoms with E-state index < -0.39 is 17.8 Å². The summed E-state index contributed by atoms with van der Waals surface area (Å²) in [6.45, 7) is 1.71. The minimum absolute atomic E-state index is 0.0960. The molecule has 7 heteroatoms. The van der Waals surface area contributed by atoms with Crippen molar-refractivity contribution in [2.24, 2.45) is 0 Å². The van der Waals surface area contributed by atoms with Gasteiger partial charge in [-0.25, -0.2) is 9.37 Å². The van der Waals surface area contributed by atoms with Crippen LogP contribution in [0.15, 0.2) is 24.5 Å². The Labute approximate surface area is 102 Å². The largest absolute Gasteiger partial charge is 0.399 e. The van der Waals surface area contributed by atoms with Crippen molar-refractivity contribution in [3.8, 4) is 0 Å². The number of amides is 1. The second-order valence-electron chi connectivity index (χ2n) is 3.81. The third kappa shape index (κ3) is 2.45. The molecule has 1 unspecified atom stereocenters. The molecule has 0 radical (unpaired) electrons. The van der Waals surface area contributed by atoms with Gasteiger partial charge in [-0.1, -0.05) is 0 Å². The molecule has 1 aromatic carbocycles. The van der Waals surface area contributed by atoms with Crippen molar-refractivity contribution in [3.05, 3.63) is 41.7 Å². The van der Waals surface area contributed by atoms with Crippen molar-refractivity contribution in [3.63, 3.8) is 0 Å². The number of nitrogens with two attached hydrogens (primary N) is 1. The Morgan fingerprint density at radius 3 is 3.00 bits per heavy atom. The molecule has 0 spiro atoms. The van der Waals surface area contributed by atoms with Gasteiger partial charge in [0.15, 0.2) is 0 Å². The van der Waals surface area contributed by atoms with Crippen LogP contribution in [0.5, 0.6) is 0 Å². The lowest BCUT2D eigenvalue weighted by molar-refractivity contribution is 0.0934. The highest BCUT2D eigenvalue weighted by Gasteiger charge is 2.16. The van der Waals surface area contributed by atoms with Gasteiger partial charge in [-0.15, -0.1) is 0 Å². The zero-order chi connectivity index (χ0) is 13.1. The predicted molar refractivity (Wildman–Crippen MR) is 63.1 cm³/mol. The summed E-state index contributed by atoms with van der Waals surface area (Å²) < 4.78 is 13.5. The lowest BCUT2D eigenvalue weighted by atomic mass is 10.1. The molecular weight excluding hydrogens is 237 g/mol. The van der Waals surface area contributed by atoms with Crippen LogP contribution in [-0.2, 0) is 0 Å². The lowest BCUT2D eigenvalue weighted by Gasteiger charge is -2.11. The maximum Gasteiger partial charge on any atom is 0.254 e. The molecule has 0 saturated carbocycles. The van der Waals surface area contributed by atoms with E-state index in [9.17, 15) is 9.18 Å². The van der Waals surface area contributed by atoms with Crippen LogP contribution < -0.4 is 11.1 Å². The Kier molecular flexibility index (Phi) is 3.22. The van der Waals surface area contributed by atoms with E-state index in [2.05, 4.69) is 20.5 Å². The van der Waals surface area contributed by atoms with Crippen molar-refractivity contribution in [1.29, 1.82) is 0 Å². The van der Waals surface area contributed by atoms with Gasteiger partial charge in [-0.2, -0.15) is 5.10 Å². The number of halogens is 1. The highest BCUT2D eigenvalue weighted by molar-refractivity contribution is 5.95. The minimum atomic E-state index is -0.619. The van der Waals surface area contributed by atoms with E-state index in [4.69, 9.17) is 5.73 Å². The number of aromatic amines is 1. The topological polar surface area (TPSA) is 96.7 Å². The molecule has 1 atom stereocenters. The molecule has 6 nitrogen and oxygen atoms in total. The first-order chi connectivity index (χ1) is 8.58. The molecule has 0 fully saturated rings. The molecule has 2 aromatic rings. The standard InChI is InChI=1S/C11H12FN5O/c1-6(10-14-5-15-17-10)16-11(18)8-4-7(13)2-3-9(8)12/h2-6H,13H2,1H3,(H,16,18)(H,14,15,17). The molecule has 0 saturated heterocycles. The lowest BCUT2D eigenvalue weighted by Crippen LogP contribution is -2.28. The monoisotopic (exact) mass is 249 g/mol. The highest BCUT2D eigenvalue weighted by Crippen LogP contribution is 2.13. The zero-order valence-electron chi connectivity index (χ0n) is 9.64. The molecule has 2 rings (SSSR count). The van der Waals surface area contributed by atoms with Crippen LogP contribution in [0.3, 0.4) is 0 Å². The van der Waals surface area contributed by atoms with Crippen molar-refractivity contribution >= 4 is 11.6 Å². The highest BCUT2D eigenvalue weighted by atomic mass is 19.1. The van der Waals surface area contributed by atoms with Crippen molar-refractivity contribution < 1.29 is 9.18 Å². The normalized spacial score (nSPS) is 12.1. The second-order valence-corrected chi connectivity index (χ2v) is 3.81. The Hall–Kier alpha value is -2.44. The van der Waals surface area contributed by atoms with Gasteiger partial charge in [0.2, 0.25) is 0 Å². The molecule has 0 bridgehead atoms. The Morgan fingerprint density at radius 1 is 1.56 bits per heavy atom. The minimum Gasteiger partial charge on any atom is -0.399 e. The third-order valence-electron chi connectivity index (χ3n) is 2.43. The Balaban J connectivity index is 2.15. The summed E-state index contributed by atoms with van der Waals surface area (Å²) in [6, 6.07) is 3.44. The van der Waals surface area contributed by atoms with E-state index in [-0.39, 0.29) is 5.56 Å². The van der Waals surface area contributed by atoms with Crippen LogP contribution >= 0.6 is 0 Å². The fourth-order valence-corrected chi connectivity index (χ4v) is 1.48. The summed E-state index contributed by atoms with van der Waals surface area (Å²) in [7, 11) is 0. The van der Waals surface area contributed by atoms with E-state index in [1.54, 1.807) is 6.92 Å². The average Bonchev–Trinajstić information content (AvgIpc) is 2.85. The number of rotatable bonds is 3. The van der Waals surface area contributed by atoms with Gasteiger partial charge in [0.05, 0.1) is 11.6 Å². The molecular formula is C11H12FN5O. The van der Waals surface area contributed by atoms with Crippen molar-refractivity contribution in [2.45, 2.75) is 13.0 Å². The molecule has 0 aliphatic carbocycles. The van der Waals surface area contributed by atoms with Gasteiger partial charge in [0.25, 0.3) is 5.91 Å². The van der Waals surface area contributed by atoms with Crippen LogP contribution in [0.25, 0.3) is 0 Å². The van der Waals surface area contributed by atoms with Crippen LogP contribution in [0.2, 0.25) is 0 Å². The number of carbonyl (C=O) groups is 1. The number of hydrogen-bond donors (Lipinski definition) is 3. The molecule has 0 aliphatic rings. The van der Waals surface area contributed by atoms with Gasteiger partial charge in [0.1, 0.15) is 18.0 Å². The number of nitrogens with zero attached hydrogens (tertiary/aromatic N) is 2. The van der Waals surface area contributed by atoms with E-state index in [0.29, 0.717) is 11.5 Å². The average molecular weight is 249 g/mol. The number of benzene rings is 1. The molecule has 4 N–H and O–H groups in total. The molecule has 0 aliphatic heterocycles. The van der Waals surface area contributed by atoms with Gasteiger partial charge in [-0.05, 0) is 25.1 Å². The molecule has 1 aromatic heterocycles. The first-order valence-electron chi connectivity index (χ1n) is 5.29. The summed E-state index contributed by atoms with van der Waals surface area (Å²) in [5.41, 5.74) is 5.75. The smallest absolute Gasteiger partial charge is 0.254 e. The summed E-state index contributed by atoms with van der Waals surface area (Å²) in [4.78, 5) is 15.8. The Bertz CT molecular complexity index is 555. The van der Waals surface area contributed by atoms with Gasteiger partial charge in [0, 0.05) is 5.69 Å². The second kappa shape index (κ2) is 4.82. The van der Waals surface area contributed by atoms with Crippen molar-refractivity contribution in [2.75, 3.05) is 5.73 Å². The fraction of sp³-hybridized carbons (Fsp3) is 0.182. The summed E-state index contributed by atoms with van der Waals surface area (Å²) in [5.74, 6) is -0.678. The number of H-pyrrole nitrogens is 1. The number of carbonyl (C=O) groups excluding carboxylic acids is 1. The van der Waals surface area contributed by atoms with E-state index in [0.717, 1.165) is 6.07 Å². The number of anilines is 1. The summed E-state index contributed by atoms with van der Waals surface area (Å²) in [6.07, 6.45) is 1.33. The van der Waals surface area contributed by atoms with Gasteiger partial charge < -0.3 is 11.1 Å². The SMILES string of the molecule is CC(NC(=O)c1cc(N)ccc1F)c1ncn[nH]1. The first kappa shape index (κ1) is 12.0. The third-order valence-corrected chi connectivity index (χ3v) is 2.43. The zero-order valence-corrected chi connectivity index (χ0v) is 9.64. The van der Waals surface area contributed by atoms with Crippen LogP contribution in [0.1, 0.15) is 29.1 Å². The predicted octanol–water partition coefficient (Wildman–Crippen LogP) is 1.02. The van der Waals surface area contributed by atoms with E-state index in [1.165, 1.54) is 18.5 Å². The first-order valence-corrected chi connectivity index (χ1v) is 5.29. The number of nitrogen functional groups attached to an aromatic ring is 1. The molecule has 1 amide bonds. The fourth-order valence-electron chi connectivity index (χ4n) is 1.48. The van der Waals surface area contributed by atoms with Crippen LogP contribution in [0, 0.1) is 5.82 Å². The molecule has 1 heterocycles. The quantitative estimate of drug-likeness (QED) is 0.707. The van der Waals surface area contributed by atoms with Gasteiger partial charge in [-0.3, -0.25) is 9.89 Å². The number of hydrogen-bond acceptors (Lipinski definition) is 4. The molecule has 18 heavy (non-hydrogen) atoms. The summed E-state index contributed by atoms with van der Waals surface area (Å²) >= 11 is 0.